The molecule has 0 unspecified atom stereocenters. The molecule has 0 saturated heterocycles. The van der Waals surface area contributed by atoms with Crippen molar-refractivity contribution < 1.29 is 9.90 Å². The fraction of sp³-hybridized carbons (Fsp3) is 0. The highest BCUT2D eigenvalue weighted by molar-refractivity contribution is 7.80. The molecule has 0 aliphatic carbocycles. The average molecular weight is 225 g/mol. The molecule has 2 aromatic rings. The van der Waals surface area contributed by atoms with Gasteiger partial charge in [-0.25, -0.2) is 4.79 Å². The van der Waals surface area contributed by atoms with Crippen LogP contribution >= 0.6 is 24.0 Å². The normalized spacial score (nSPS) is 10.6. The van der Waals surface area contributed by atoms with Crippen molar-refractivity contribution in [2.75, 3.05) is 5.73 Å². The van der Waals surface area contributed by atoms with Gasteiger partial charge in [0.05, 0.1) is 16.0 Å². The Morgan fingerprint density at radius 1 is 1.50 bits per heavy atom. The predicted molar refractivity (Wildman–Crippen MR) is 60.4 cm³/mol. The molecule has 2 rings (SSSR count). The molecule has 1 aromatic heterocycles. The number of nitrogen functional groups attached to an aromatic ring is 1. The monoisotopic (exact) mass is 225 g/mol. The van der Waals surface area contributed by atoms with Gasteiger partial charge >= 0.3 is 5.97 Å². The van der Waals surface area contributed by atoms with Crippen molar-refractivity contribution in [3.8, 4) is 0 Å². The van der Waals surface area contributed by atoms with Crippen LogP contribution in [0.5, 0.6) is 0 Å². The van der Waals surface area contributed by atoms with Crippen LogP contribution in [0, 0.1) is 0 Å². The first-order chi connectivity index (χ1) is 6.59. The van der Waals surface area contributed by atoms with E-state index in [4.69, 9.17) is 10.8 Å². The van der Waals surface area contributed by atoms with Crippen molar-refractivity contribution in [3.05, 3.63) is 23.1 Å². The van der Waals surface area contributed by atoms with E-state index < -0.39 is 5.97 Å². The van der Waals surface area contributed by atoms with Gasteiger partial charge in [-0.05, 0) is 12.1 Å². The third-order valence-electron chi connectivity index (χ3n) is 1.92. The van der Waals surface area contributed by atoms with Crippen LogP contribution < -0.4 is 5.73 Å². The Bertz CT molecular complexity index is 519. The lowest BCUT2D eigenvalue weighted by Gasteiger charge is -1.99. The van der Waals surface area contributed by atoms with Crippen LogP contribution in [0.25, 0.3) is 10.1 Å². The number of hydrogen-bond acceptors (Lipinski definition) is 4. The van der Waals surface area contributed by atoms with Gasteiger partial charge in [0.25, 0.3) is 0 Å². The van der Waals surface area contributed by atoms with Gasteiger partial charge < -0.3 is 10.8 Å². The molecule has 3 N–H and O–H groups in total. The number of thiophene rings is 1. The van der Waals surface area contributed by atoms with Crippen LogP contribution in [-0.4, -0.2) is 11.1 Å². The molecule has 0 aliphatic heterocycles. The number of rotatable bonds is 1. The number of aromatic carboxylic acids is 1. The first kappa shape index (κ1) is 9.36. The molecular weight excluding hydrogens is 218 g/mol. The number of nitrogens with two attached hydrogens (primary N) is 1. The zero-order chi connectivity index (χ0) is 10.3. The summed E-state index contributed by atoms with van der Waals surface area (Å²) in [7, 11) is 0. The van der Waals surface area contributed by atoms with Gasteiger partial charge in [0.2, 0.25) is 0 Å². The molecule has 0 radical (unpaired) electrons. The molecule has 14 heavy (non-hydrogen) atoms. The van der Waals surface area contributed by atoms with Gasteiger partial charge in [-0.2, -0.15) is 0 Å². The summed E-state index contributed by atoms with van der Waals surface area (Å²) in [6.45, 7) is 0. The topological polar surface area (TPSA) is 63.3 Å². The quantitative estimate of drug-likeness (QED) is 0.653. The van der Waals surface area contributed by atoms with Crippen molar-refractivity contribution >= 4 is 45.7 Å². The zero-order valence-corrected chi connectivity index (χ0v) is 8.73. The number of hydrogen-bond donors (Lipinski definition) is 3. The third kappa shape index (κ3) is 1.34. The number of thiol groups is 1. The number of fused-ring (bicyclic) bond motifs is 1. The lowest BCUT2D eigenvalue weighted by Crippen LogP contribution is -1.96. The fourth-order valence-electron chi connectivity index (χ4n) is 1.30. The van der Waals surface area contributed by atoms with E-state index >= 15 is 0 Å². The maximum atomic E-state index is 10.9. The van der Waals surface area contributed by atoms with E-state index in [9.17, 15) is 4.79 Å². The zero-order valence-electron chi connectivity index (χ0n) is 7.02. The summed E-state index contributed by atoms with van der Waals surface area (Å²) in [5.74, 6) is -0.951. The van der Waals surface area contributed by atoms with Gasteiger partial charge in [0, 0.05) is 15.7 Å². The molecule has 3 nitrogen and oxygen atoms in total. The van der Waals surface area contributed by atoms with Crippen LogP contribution in [0.3, 0.4) is 0 Å². The number of carboxylic acid groups (broad SMARTS) is 1. The second-order valence-corrected chi connectivity index (χ2v) is 4.26. The first-order valence-electron chi connectivity index (χ1n) is 3.82. The Morgan fingerprint density at radius 2 is 2.21 bits per heavy atom. The summed E-state index contributed by atoms with van der Waals surface area (Å²) >= 11 is 5.47. The first-order valence-corrected chi connectivity index (χ1v) is 5.15. The van der Waals surface area contributed by atoms with Crippen molar-refractivity contribution in [1.82, 2.24) is 0 Å². The summed E-state index contributed by atoms with van der Waals surface area (Å²) in [6.07, 6.45) is 0. The van der Waals surface area contributed by atoms with Crippen LogP contribution in [-0.2, 0) is 0 Å². The van der Waals surface area contributed by atoms with E-state index in [0.29, 0.717) is 15.3 Å². The van der Waals surface area contributed by atoms with Crippen LogP contribution in [0.15, 0.2) is 22.4 Å². The molecule has 5 heteroatoms. The smallest absolute Gasteiger partial charge is 0.337 e. The van der Waals surface area contributed by atoms with Gasteiger partial charge in [-0.1, -0.05) is 0 Å². The minimum absolute atomic E-state index is 0.259. The van der Waals surface area contributed by atoms with Gasteiger partial charge in [-0.15, -0.1) is 24.0 Å². The molecule has 0 saturated carbocycles. The molecule has 0 fully saturated rings. The molecule has 0 atom stereocenters. The summed E-state index contributed by atoms with van der Waals surface area (Å²) in [5.41, 5.74) is 6.56. The minimum Gasteiger partial charge on any atom is -0.478 e. The molecular formula is C9H7NO2S2. The van der Waals surface area contributed by atoms with Gasteiger partial charge in [-0.3, -0.25) is 0 Å². The Morgan fingerprint density at radius 3 is 2.86 bits per heavy atom. The summed E-state index contributed by atoms with van der Waals surface area (Å²) in [5, 5.41) is 11.5. The minimum atomic E-state index is -0.951. The van der Waals surface area contributed by atoms with E-state index in [1.54, 1.807) is 11.4 Å². The SMILES string of the molecule is Nc1csc2c(C(=O)O)cc(S)cc12. The second-order valence-electron chi connectivity index (χ2n) is 2.87. The van der Waals surface area contributed by atoms with Crippen LogP contribution in [0.1, 0.15) is 10.4 Å². The standard InChI is InChI=1S/C9H7NO2S2/c10-7-3-14-8-5(7)1-4(13)2-6(8)9(11)12/h1-3,13H,10H2,(H,11,12). The van der Waals surface area contributed by atoms with Crippen molar-refractivity contribution in [1.29, 1.82) is 0 Å². The van der Waals surface area contributed by atoms with Gasteiger partial charge in [0.1, 0.15) is 0 Å². The number of carbonyl (C=O) groups is 1. The summed E-state index contributed by atoms with van der Waals surface area (Å²) in [4.78, 5) is 11.5. The molecule has 1 aromatic carbocycles. The molecule has 0 spiro atoms. The fourth-order valence-corrected chi connectivity index (χ4v) is 2.51. The van der Waals surface area contributed by atoms with E-state index in [2.05, 4.69) is 12.6 Å². The van der Waals surface area contributed by atoms with Crippen molar-refractivity contribution in [3.63, 3.8) is 0 Å². The van der Waals surface area contributed by atoms with Crippen molar-refractivity contribution in [2.45, 2.75) is 4.90 Å². The van der Waals surface area contributed by atoms with Gasteiger partial charge in [0.15, 0.2) is 0 Å². The Hall–Kier alpha value is -1.20. The van der Waals surface area contributed by atoms with Crippen molar-refractivity contribution in [2.24, 2.45) is 0 Å². The molecule has 0 bridgehead atoms. The van der Waals surface area contributed by atoms with E-state index in [-0.39, 0.29) is 5.56 Å². The van der Waals surface area contributed by atoms with E-state index in [1.807, 2.05) is 0 Å². The lowest BCUT2D eigenvalue weighted by atomic mass is 10.1. The summed E-state index contributed by atoms with van der Waals surface area (Å²) < 4.78 is 0.702. The number of anilines is 1. The Labute approximate surface area is 89.6 Å². The average Bonchev–Trinajstić information content (AvgIpc) is 2.47. The number of carboxylic acids is 1. The summed E-state index contributed by atoms with van der Waals surface area (Å²) in [6, 6.07) is 3.31. The lowest BCUT2D eigenvalue weighted by molar-refractivity contribution is 0.0699. The van der Waals surface area contributed by atoms with Crippen LogP contribution in [0.2, 0.25) is 0 Å². The van der Waals surface area contributed by atoms with Crippen LogP contribution in [0.4, 0.5) is 5.69 Å². The Balaban J connectivity index is 2.88. The predicted octanol–water partition coefficient (Wildman–Crippen LogP) is 2.47. The second kappa shape index (κ2) is 3.18. The molecule has 72 valence electrons. The molecule has 0 aliphatic rings. The molecule has 1 heterocycles. The van der Waals surface area contributed by atoms with E-state index in [0.717, 1.165) is 5.39 Å². The molecule has 0 amide bonds. The maximum Gasteiger partial charge on any atom is 0.337 e. The third-order valence-corrected chi connectivity index (χ3v) is 3.22. The van der Waals surface area contributed by atoms with E-state index in [1.165, 1.54) is 17.4 Å². The highest BCUT2D eigenvalue weighted by Crippen LogP contribution is 2.33. The maximum absolute atomic E-state index is 10.9. The largest absolute Gasteiger partial charge is 0.478 e. The highest BCUT2D eigenvalue weighted by Gasteiger charge is 2.12. The Kier molecular flexibility index (Phi) is 2.13. The highest BCUT2D eigenvalue weighted by atomic mass is 32.1. The number of benzene rings is 1.